The number of nitrogens with one attached hydrogen (secondary N) is 2. The summed E-state index contributed by atoms with van der Waals surface area (Å²) in [4.78, 5) is 21.7. The van der Waals surface area contributed by atoms with Crippen LogP contribution in [0.15, 0.2) is 18.2 Å². The van der Waals surface area contributed by atoms with E-state index in [1.165, 1.54) is 0 Å². The average molecular weight is 348 g/mol. The molecule has 5 nitrogen and oxygen atoms in total. The Kier molecular flexibility index (Phi) is 5.20. The summed E-state index contributed by atoms with van der Waals surface area (Å²) in [5, 5.41) is 13.5. The van der Waals surface area contributed by atoms with Gasteiger partial charge >= 0.3 is 12.0 Å². The van der Waals surface area contributed by atoms with Gasteiger partial charge in [0.15, 0.2) is 0 Å². The Balaban J connectivity index is 2.47. The number of halogens is 1. The van der Waals surface area contributed by atoms with E-state index in [1.807, 2.05) is 25.1 Å². The van der Waals surface area contributed by atoms with Crippen LogP contribution < -0.4 is 10.6 Å². The number of benzene rings is 1. The molecule has 0 spiro atoms. The van der Waals surface area contributed by atoms with Crippen molar-refractivity contribution < 1.29 is 14.7 Å². The van der Waals surface area contributed by atoms with Crippen LogP contribution >= 0.6 is 22.6 Å². The maximum Gasteiger partial charge on any atom is 0.319 e. The Morgan fingerprint density at radius 3 is 2.65 bits per heavy atom. The summed E-state index contributed by atoms with van der Waals surface area (Å²) >= 11 is 2.17. The van der Waals surface area contributed by atoms with Crippen molar-refractivity contribution in [1.82, 2.24) is 5.32 Å². The number of hydrogen-bond donors (Lipinski definition) is 3. The first-order valence-corrected chi connectivity index (χ1v) is 6.09. The number of anilines is 1. The highest BCUT2D eigenvalue weighted by molar-refractivity contribution is 14.1. The minimum atomic E-state index is -0.935. The highest BCUT2D eigenvalue weighted by Gasteiger charge is 2.03. The van der Waals surface area contributed by atoms with Crippen LogP contribution in [0.3, 0.4) is 0 Å². The molecule has 92 valence electrons. The number of urea groups is 1. The molecule has 1 aromatic carbocycles. The third-order valence-electron chi connectivity index (χ3n) is 1.92. The molecular formula is C11H13IN2O3. The lowest BCUT2D eigenvalue weighted by atomic mass is 10.2. The van der Waals surface area contributed by atoms with Crippen molar-refractivity contribution in [1.29, 1.82) is 0 Å². The minimum Gasteiger partial charge on any atom is -0.481 e. The summed E-state index contributed by atoms with van der Waals surface area (Å²) in [7, 11) is 0. The van der Waals surface area contributed by atoms with Crippen LogP contribution in [0.25, 0.3) is 0 Å². The molecule has 0 bridgehead atoms. The zero-order valence-electron chi connectivity index (χ0n) is 9.29. The number of rotatable bonds is 4. The molecule has 2 amide bonds. The second-order valence-corrected chi connectivity index (χ2v) is 4.79. The lowest BCUT2D eigenvalue weighted by molar-refractivity contribution is -0.136. The van der Waals surface area contributed by atoms with Gasteiger partial charge in [-0.25, -0.2) is 4.79 Å². The molecule has 0 heterocycles. The number of carbonyl (C=O) groups excluding carboxylic acids is 1. The molecule has 17 heavy (non-hydrogen) atoms. The van der Waals surface area contributed by atoms with Gasteiger partial charge in [-0.2, -0.15) is 0 Å². The van der Waals surface area contributed by atoms with E-state index in [0.29, 0.717) is 5.69 Å². The standard InChI is InChI=1S/C11H13IN2O3/c1-7-4-8(12)6-9(5-7)14-11(17)13-3-2-10(15)16/h4-6H,2-3H2,1H3,(H,15,16)(H2,13,14,17). The monoisotopic (exact) mass is 348 g/mol. The van der Waals surface area contributed by atoms with E-state index >= 15 is 0 Å². The van der Waals surface area contributed by atoms with Gasteiger partial charge in [0, 0.05) is 15.8 Å². The predicted molar refractivity (Wildman–Crippen MR) is 73.2 cm³/mol. The molecule has 0 aromatic heterocycles. The molecule has 0 atom stereocenters. The quantitative estimate of drug-likeness (QED) is 0.730. The Bertz CT molecular complexity index is 414. The van der Waals surface area contributed by atoms with E-state index in [2.05, 4.69) is 33.2 Å². The summed E-state index contributed by atoms with van der Waals surface area (Å²) < 4.78 is 1.03. The number of carbonyl (C=O) groups is 2. The second-order valence-electron chi connectivity index (χ2n) is 3.54. The fourth-order valence-corrected chi connectivity index (χ4v) is 2.09. The van der Waals surface area contributed by atoms with Crippen LogP contribution in [-0.2, 0) is 4.79 Å². The van der Waals surface area contributed by atoms with Gasteiger partial charge in [-0.1, -0.05) is 0 Å². The molecule has 0 aliphatic rings. The second kappa shape index (κ2) is 6.43. The highest BCUT2D eigenvalue weighted by Crippen LogP contribution is 2.15. The summed E-state index contributed by atoms with van der Waals surface area (Å²) in [6.07, 6.45) is -0.0846. The van der Waals surface area contributed by atoms with Gasteiger partial charge in [0.05, 0.1) is 6.42 Å². The van der Waals surface area contributed by atoms with Crippen molar-refractivity contribution in [2.24, 2.45) is 0 Å². The third-order valence-corrected chi connectivity index (χ3v) is 2.55. The number of carboxylic acid groups (broad SMARTS) is 1. The maximum atomic E-state index is 11.4. The topological polar surface area (TPSA) is 78.4 Å². The lowest BCUT2D eigenvalue weighted by Crippen LogP contribution is -2.30. The van der Waals surface area contributed by atoms with E-state index in [9.17, 15) is 9.59 Å². The molecule has 1 rings (SSSR count). The van der Waals surface area contributed by atoms with Gasteiger partial charge in [-0.15, -0.1) is 0 Å². The smallest absolute Gasteiger partial charge is 0.319 e. The van der Waals surface area contributed by atoms with E-state index in [-0.39, 0.29) is 13.0 Å². The normalized spacial score (nSPS) is 9.76. The first-order valence-electron chi connectivity index (χ1n) is 5.01. The van der Waals surface area contributed by atoms with Crippen LogP contribution in [0.4, 0.5) is 10.5 Å². The van der Waals surface area contributed by atoms with Gasteiger partial charge in [0.25, 0.3) is 0 Å². The van der Waals surface area contributed by atoms with Crippen molar-refractivity contribution in [3.8, 4) is 0 Å². The molecule has 6 heteroatoms. The summed E-state index contributed by atoms with van der Waals surface area (Å²) in [5.74, 6) is -0.935. The molecule has 1 aromatic rings. The first kappa shape index (κ1) is 13.8. The van der Waals surface area contributed by atoms with Crippen molar-refractivity contribution >= 4 is 40.3 Å². The summed E-state index contributed by atoms with van der Waals surface area (Å²) in [5.41, 5.74) is 1.75. The Morgan fingerprint density at radius 1 is 1.35 bits per heavy atom. The van der Waals surface area contributed by atoms with Crippen LogP contribution in [0.1, 0.15) is 12.0 Å². The van der Waals surface area contributed by atoms with Crippen LogP contribution in [0.5, 0.6) is 0 Å². The summed E-state index contributed by atoms with van der Waals surface area (Å²) in [6, 6.07) is 5.28. The van der Waals surface area contributed by atoms with Crippen molar-refractivity contribution in [2.45, 2.75) is 13.3 Å². The third kappa shape index (κ3) is 5.53. The number of hydrogen-bond acceptors (Lipinski definition) is 2. The van der Waals surface area contributed by atoms with Gasteiger partial charge in [-0.05, 0) is 53.3 Å². The van der Waals surface area contributed by atoms with Gasteiger partial charge in [0.1, 0.15) is 0 Å². The Morgan fingerprint density at radius 2 is 2.06 bits per heavy atom. The summed E-state index contributed by atoms with van der Waals surface area (Å²) in [6.45, 7) is 2.06. The lowest BCUT2D eigenvalue weighted by Gasteiger charge is -2.08. The number of amides is 2. The molecule has 0 fully saturated rings. The molecule has 0 saturated carbocycles. The Hall–Kier alpha value is -1.31. The Labute approximate surface area is 113 Å². The minimum absolute atomic E-state index is 0.0846. The molecule has 0 aliphatic heterocycles. The SMILES string of the molecule is Cc1cc(I)cc(NC(=O)NCCC(=O)O)c1. The molecule has 0 radical (unpaired) electrons. The molecule has 3 N–H and O–H groups in total. The van der Waals surface area contributed by atoms with E-state index in [0.717, 1.165) is 9.13 Å². The van der Waals surface area contributed by atoms with Gasteiger partial charge in [0.2, 0.25) is 0 Å². The number of aryl methyl sites for hydroxylation is 1. The van der Waals surface area contributed by atoms with E-state index < -0.39 is 12.0 Å². The van der Waals surface area contributed by atoms with Gasteiger partial charge in [-0.3, -0.25) is 4.79 Å². The van der Waals surface area contributed by atoms with Crippen molar-refractivity contribution in [3.05, 3.63) is 27.3 Å². The highest BCUT2D eigenvalue weighted by atomic mass is 127. The predicted octanol–water partition coefficient (Wildman–Crippen LogP) is 2.20. The molecular weight excluding hydrogens is 335 g/mol. The fourth-order valence-electron chi connectivity index (χ4n) is 1.27. The number of aliphatic carboxylic acids is 1. The zero-order chi connectivity index (χ0) is 12.8. The van der Waals surface area contributed by atoms with Crippen molar-refractivity contribution in [2.75, 3.05) is 11.9 Å². The number of carboxylic acids is 1. The maximum absolute atomic E-state index is 11.4. The van der Waals surface area contributed by atoms with Crippen LogP contribution in [0, 0.1) is 10.5 Å². The molecule has 0 aliphatic carbocycles. The molecule has 0 unspecified atom stereocenters. The van der Waals surface area contributed by atoms with E-state index in [1.54, 1.807) is 0 Å². The van der Waals surface area contributed by atoms with Crippen LogP contribution in [-0.4, -0.2) is 23.7 Å². The fraction of sp³-hybridized carbons (Fsp3) is 0.273. The average Bonchev–Trinajstić information content (AvgIpc) is 2.14. The molecule has 0 saturated heterocycles. The van der Waals surface area contributed by atoms with Crippen LogP contribution in [0.2, 0.25) is 0 Å². The largest absolute Gasteiger partial charge is 0.481 e. The van der Waals surface area contributed by atoms with E-state index in [4.69, 9.17) is 5.11 Å². The zero-order valence-corrected chi connectivity index (χ0v) is 11.4. The van der Waals surface area contributed by atoms with Crippen molar-refractivity contribution in [3.63, 3.8) is 0 Å². The van der Waals surface area contributed by atoms with Gasteiger partial charge < -0.3 is 15.7 Å². The first-order chi connectivity index (χ1) is 7.97.